The van der Waals surface area contributed by atoms with Crippen LogP contribution >= 0.6 is 0 Å². The van der Waals surface area contributed by atoms with Crippen molar-refractivity contribution < 1.29 is 18.3 Å². The number of aryl methyl sites for hydroxylation is 1. The van der Waals surface area contributed by atoms with Crippen molar-refractivity contribution in [1.29, 1.82) is 0 Å². The molecule has 0 aliphatic carbocycles. The number of methoxy groups -OCH3 is 1. The Balaban J connectivity index is 3.45. The van der Waals surface area contributed by atoms with Crippen LogP contribution in [0.3, 0.4) is 0 Å². The Kier molecular flexibility index (Phi) is 3.39. The first-order valence-corrected chi connectivity index (χ1v) is 4.45. The molecule has 0 radical (unpaired) electrons. The maximum Gasteiger partial charge on any atom is 0.267 e. The smallest absolute Gasteiger partial charge is 0.267 e. The summed E-state index contributed by atoms with van der Waals surface area (Å²) < 4.78 is 30.1. The second-order valence-electron chi connectivity index (χ2n) is 3.29. The fourth-order valence-electron chi connectivity index (χ4n) is 1.45. The highest BCUT2D eigenvalue weighted by Gasteiger charge is 2.19. The number of benzene rings is 1. The maximum absolute atomic E-state index is 12.6. The molecule has 2 nitrogen and oxygen atoms in total. The van der Waals surface area contributed by atoms with E-state index in [1.165, 1.54) is 20.1 Å². The van der Waals surface area contributed by atoms with Gasteiger partial charge in [0.1, 0.15) is 5.75 Å². The normalized spacial score (nSPS) is 10.5. The lowest BCUT2D eigenvalue weighted by atomic mass is 10.0. The standard InChI is InChI=1S/C11H12F2O2/c1-6-4-8(7(2)14)10(15-3)9(5-6)11(12)13/h4-5,11H,1-3H3. The average molecular weight is 214 g/mol. The van der Waals surface area contributed by atoms with E-state index < -0.39 is 6.43 Å². The third-order valence-electron chi connectivity index (χ3n) is 2.08. The molecule has 0 aliphatic rings. The van der Waals surface area contributed by atoms with Crippen molar-refractivity contribution in [1.82, 2.24) is 0 Å². The Morgan fingerprint density at radius 2 is 2.00 bits per heavy atom. The summed E-state index contributed by atoms with van der Waals surface area (Å²) in [6, 6.07) is 2.88. The summed E-state index contributed by atoms with van der Waals surface area (Å²) in [6.07, 6.45) is -2.64. The highest BCUT2D eigenvalue weighted by atomic mass is 19.3. The van der Waals surface area contributed by atoms with Crippen LogP contribution in [0.4, 0.5) is 8.78 Å². The van der Waals surface area contributed by atoms with E-state index in [4.69, 9.17) is 4.74 Å². The summed E-state index contributed by atoms with van der Waals surface area (Å²) in [7, 11) is 1.28. The van der Waals surface area contributed by atoms with Crippen molar-refractivity contribution in [3.63, 3.8) is 0 Å². The van der Waals surface area contributed by atoms with Gasteiger partial charge in [-0.3, -0.25) is 4.79 Å². The van der Waals surface area contributed by atoms with Gasteiger partial charge in [0.25, 0.3) is 6.43 Å². The minimum atomic E-state index is -2.64. The lowest BCUT2D eigenvalue weighted by Gasteiger charge is -2.12. The molecule has 0 saturated heterocycles. The van der Waals surface area contributed by atoms with E-state index in [1.54, 1.807) is 13.0 Å². The van der Waals surface area contributed by atoms with Gasteiger partial charge in [-0.15, -0.1) is 0 Å². The lowest BCUT2D eigenvalue weighted by molar-refractivity contribution is 0.101. The van der Waals surface area contributed by atoms with E-state index in [-0.39, 0.29) is 22.7 Å². The predicted octanol–water partition coefficient (Wildman–Crippen LogP) is 3.14. The molecule has 0 atom stereocenters. The number of hydrogen-bond acceptors (Lipinski definition) is 2. The van der Waals surface area contributed by atoms with Crippen molar-refractivity contribution in [2.75, 3.05) is 7.11 Å². The molecule has 0 aliphatic heterocycles. The molecule has 0 spiro atoms. The maximum atomic E-state index is 12.6. The van der Waals surface area contributed by atoms with E-state index in [0.717, 1.165) is 0 Å². The molecule has 0 fully saturated rings. The van der Waals surface area contributed by atoms with Gasteiger partial charge in [0.2, 0.25) is 0 Å². The van der Waals surface area contributed by atoms with Crippen LogP contribution in [0.1, 0.15) is 34.8 Å². The van der Waals surface area contributed by atoms with Crippen LogP contribution in [-0.4, -0.2) is 12.9 Å². The zero-order valence-electron chi connectivity index (χ0n) is 8.80. The highest BCUT2D eigenvalue weighted by Crippen LogP contribution is 2.33. The van der Waals surface area contributed by atoms with Crippen LogP contribution in [0, 0.1) is 6.92 Å². The second kappa shape index (κ2) is 4.38. The fourth-order valence-corrected chi connectivity index (χ4v) is 1.45. The van der Waals surface area contributed by atoms with Crippen LogP contribution in [0.15, 0.2) is 12.1 Å². The molecular formula is C11H12F2O2. The van der Waals surface area contributed by atoms with E-state index in [0.29, 0.717) is 5.56 Å². The number of hydrogen-bond donors (Lipinski definition) is 0. The highest BCUT2D eigenvalue weighted by molar-refractivity contribution is 5.97. The van der Waals surface area contributed by atoms with Gasteiger partial charge >= 0.3 is 0 Å². The molecule has 15 heavy (non-hydrogen) atoms. The van der Waals surface area contributed by atoms with Crippen LogP contribution < -0.4 is 4.74 Å². The first kappa shape index (κ1) is 11.6. The van der Waals surface area contributed by atoms with Crippen molar-refractivity contribution in [2.45, 2.75) is 20.3 Å². The van der Waals surface area contributed by atoms with Crippen molar-refractivity contribution >= 4 is 5.78 Å². The first-order chi connectivity index (χ1) is 6.97. The number of rotatable bonds is 3. The number of ether oxygens (including phenoxy) is 1. The summed E-state index contributed by atoms with van der Waals surface area (Å²) in [6.45, 7) is 2.99. The number of carbonyl (C=O) groups excluding carboxylic acids is 1. The van der Waals surface area contributed by atoms with Gasteiger partial charge in [-0.05, 0) is 31.5 Å². The number of ketones is 1. The quantitative estimate of drug-likeness (QED) is 0.722. The Morgan fingerprint density at radius 1 is 1.40 bits per heavy atom. The third kappa shape index (κ3) is 2.32. The molecule has 1 rings (SSSR count). The molecule has 0 heterocycles. The van der Waals surface area contributed by atoms with Crippen LogP contribution in [0.5, 0.6) is 5.75 Å². The van der Waals surface area contributed by atoms with Crippen LogP contribution in [-0.2, 0) is 0 Å². The molecule has 0 unspecified atom stereocenters. The Morgan fingerprint density at radius 3 is 2.40 bits per heavy atom. The van der Waals surface area contributed by atoms with Gasteiger partial charge in [-0.1, -0.05) is 0 Å². The van der Waals surface area contributed by atoms with Crippen molar-refractivity contribution in [3.8, 4) is 5.75 Å². The summed E-state index contributed by atoms with van der Waals surface area (Å²) >= 11 is 0. The van der Waals surface area contributed by atoms with Crippen molar-refractivity contribution in [3.05, 3.63) is 28.8 Å². The zero-order valence-corrected chi connectivity index (χ0v) is 8.80. The third-order valence-corrected chi connectivity index (χ3v) is 2.08. The SMILES string of the molecule is COc1c(C(C)=O)cc(C)cc1C(F)F. The molecular weight excluding hydrogens is 202 g/mol. The minimum absolute atomic E-state index is 0.0249. The van der Waals surface area contributed by atoms with E-state index >= 15 is 0 Å². The number of alkyl halides is 2. The Hall–Kier alpha value is -1.45. The van der Waals surface area contributed by atoms with Gasteiger partial charge < -0.3 is 4.74 Å². The van der Waals surface area contributed by atoms with E-state index in [2.05, 4.69) is 0 Å². The van der Waals surface area contributed by atoms with Gasteiger partial charge in [-0.2, -0.15) is 0 Å². The number of Topliss-reactive ketones (excluding diaryl/α,β-unsaturated/α-hetero) is 1. The fraction of sp³-hybridized carbons (Fsp3) is 0.364. The predicted molar refractivity (Wildman–Crippen MR) is 52.7 cm³/mol. The Labute approximate surface area is 86.9 Å². The molecule has 82 valence electrons. The topological polar surface area (TPSA) is 26.3 Å². The molecule has 1 aromatic rings. The summed E-state index contributed by atoms with van der Waals surface area (Å²) in [5, 5.41) is 0. The molecule has 4 heteroatoms. The van der Waals surface area contributed by atoms with Gasteiger partial charge in [0.15, 0.2) is 5.78 Å². The van der Waals surface area contributed by atoms with Crippen molar-refractivity contribution in [2.24, 2.45) is 0 Å². The molecule has 0 N–H and O–H groups in total. The van der Waals surface area contributed by atoms with Gasteiger partial charge in [0, 0.05) is 0 Å². The molecule has 0 bridgehead atoms. The summed E-state index contributed by atoms with van der Waals surface area (Å²) in [4.78, 5) is 11.2. The minimum Gasteiger partial charge on any atom is -0.495 e. The zero-order chi connectivity index (χ0) is 11.6. The molecule has 0 amide bonds. The number of carbonyl (C=O) groups is 1. The van der Waals surface area contributed by atoms with E-state index in [1.807, 2.05) is 0 Å². The molecule has 0 aromatic heterocycles. The Bertz CT molecular complexity index is 386. The monoisotopic (exact) mass is 214 g/mol. The van der Waals surface area contributed by atoms with Crippen LogP contribution in [0.2, 0.25) is 0 Å². The first-order valence-electron chi connectivity index (χ1n) is 4.45. The average Bonchev–Trinajstić information content (AvgIpc) is 2.16. The largest absolute Gasteiger partial charge is 0.495 e. The van der Waals surface area contributed by atoms with Gasteiger partial charge in [0.05, 0.1) is 18.2 Å². The summed E-state index contributed by atoms with van der Waals surface area (Å²) in [5.74, 6) is -0.305. The van der Waals surface area contributed by atoms with Gasteiger partial charge in [-0.25, -0.2) is 8.78 Å². The van der Waals surface area contributed by atoms with Crippen LogP contribution in [0.25, 0.3) is 0 Å². The lowest BCUT2D eigenvalue weighted by Crippen LogP contribution is -2.02. The summed E-state index contributed by atoms with van der Waals surface area (Å²) in [5.41, 5.74) is 0.590. The molecule has 0 saturated carbocycles. The second-order valence-corrected chi connectivity index (χ2v) is 3.29. The molecule has 1 aromatic carbocycles. The number of halogens is 2. The van der Waals surface area contributed by atoms with E-state index in [9.17, 15) is 13.6 Å².